The van der Waals surface area contributed by atoms with Gasteiger partial charge < -0.3 is 8.75 Å². The number of aromatic nitrogens is 1. The zero-order valence-corrected chi connectivity index (χ0v) is 7.93. The third kappa shape index (κ3) is 2.62. The molecule has 4 heteroatoms. The third-order valence-electron chi connectivity index (χ3n) is 1.43. The Labute approximate surface area is 75.9 Å². The van der Waals surface area contributed by atoms with Crippen LogP contribution in [-0.2, 0) is 21.8 Å². The lowest BCUT2D eigenvalue weighted by molar-refractivity contribution is -0.130. The van der Waals surface area contributed by atoms with Gasteiger partial charge in [-0.25, -0.2) is 0 Å². The van der Waals surface area contributed by atoms with Gasteiger partial charge in [-0.05, 0) is 12.1 Å². The Morgan fingerprint density at radius 3 is 3.00 bits per heavy atom. The molecule has 0 aliphatic heterocycles. The molecule has 0 saturated carbocycles. The smallest absolute Gasteiger partial charge is 0.314 e. The molecule has 0 radical (unpaired) electrons. The molecule has 1 aromatic heterocycles. The number of nitrogens with zero attached hydrogens (tertiary/aromatic N) is 1. The summed E-state index contributed by atoms with van der Waals surface area (Å²) in [4.78, 5) is 10.4. The molecular weight excluding hydrogens is 174 g/mol. The maximum absolute atomic E-state index is 10.4. The van der Waals surface area contributed by atoms with Crippen molar-refractivity contribution >= 4 is 18.0 Å². The Balaban J connectivity index is 2.33. The first-order valence-electron chi connectivity index (χ1n) is 3.60. The van der Waals surface area contributed by atoms with Crippen LogP contribution in [0.4, 0.5) is 0 Å². The first-order chi connectivity index (χ1) is 5.70. The molecule has 0 N–H and O–H groups in total. The summed E-state index contributed by atoms with van der Waals surface area (Å²) in [5, 5.41) is 0. The monoisotopic (exact) mass is 185 g/mol. The number of hydrogen-bond donors (Lipinski definition) is 0. The molecule has 1 heterocycles. The number of aryl methyl sites for hydroxylation is 1. The number of rotatable bonds is 3. The molecule has 0 spiro atoms. The van der Waals surface area contributed by atoms with E-state index in [1.165, 1.54) is 6.92 Å². The first-order valence-corrected chi connectivity index (χ1v) is 4.51. The Morgan fingerprint density at radius 1 is 1.75 bits per heavy atom. The van der Waals surface area contributed by atoms with E-state index in [-0.39, 0.29) is 5.97 Å². The average molecular weight is 185 g/mol. The lowest BCUT2D eigenvalue weighted by atomic mass is 10.5. The predicted molar refractivity (Wildman–Crippen MR) is 48.5 cm³/mol. The number of carbonyl (C=O) groups excluding carboxylic acids is 1. The van der Waals surface area contributed by atoms with Crippen LogP contribution in [0.2, 0.25) is 0 Å². The Bertz CT molecular complexity index is 270. The van der Waals surface area contributed by atoms with Gasteiger partial charge in [-0.1, -0.05) is 0 Å². The van der Waals surface area contributed by atoms with Crippen molar-refractivity contribution in [2.45, 2.75) is 12.7 Å². The summed E-state index contributed by atoms with van der Waals surface area (Å²) in [6, 6.07) is 3.96. The van der Waals surface area contributed by atoms with Gasteiger partial charge in [0.1, 0.15) is 0 Å². The van der Waals surface area contributed by atoms with Crippen molar-refractivity contribution in [1.29, 1.82) is 0 Å². The number of hydrogen-bond acceptors (Lipinski definition) is 3. The summed E-state index contributed by atoms with van der Waals surface area (Å²) in [6.45, 7) is 1.40. The van der Waals surface area contributed by atoms with E-state index in [9.17, 15) is 4.79 Å². The molecule has 0 fully saturated rings. The van der Waals surface area contributed by atoms with Crippen molar-refractivity contribution < 1.29 is 8.98 Å². The molecule has 0 bridgehead atoms. The van der Waals surface area contributed by atoms with Crippen LogP contribution in [0, 0.1) is 0 Å². The third-order valence-corrected chi connectivity index (χ3v) is 2.20. The average Bonchev–Trinajstić information content (AvgIpc) is 2.36. The van der Waals surface area contributed by atoms with Gasteiger partial charge in [0, 0.05) is 25.9 Å². The molecule has 1 rings (SSSR count). The summed E-state index contributed by atoms with van der Waals surface area (Å²) < 4.78 is 6.73. The fourth-order valence-corrected chi connectivity index (χ4v) is 1.46. The molecule has 0 aliphatic carbocycles. The van der Waals surface area contributed by atoms with E-state index in [0.717, 1.165) is 17.7 Å². The van der Waals surface area contributed by atoms with E-state index in [2.05, 4.69) is 0 Å². The van der Waals surface area contributed by atoms with Crippen LogP contribution in [0.25, 0.3) is 0 Å². The molecule has 0 saturated heterocycles. The van der Waals surface area contributed by atoms with Crippen molar-refractivity contribution in [3.63, 3.8) is 0 Å². The van der Waals surface area contributed by atoms with Crippen LogP contribution in [0.1, 0.15) is 12.6 Å². The second kappa shape index (κ2) is 4.21. The Morgan fingerprint density at radius 2 is 2.50 bits per heavy atom. The molecule has 0 unspecified atom stereocenters. The van der Waals surface area contributed by atoms with Crippen molar-refractivity contribution in [3.8, 4) is 0 Å². The van der Waals surface area contributed by atoms with Crippen LogP contribution in [0.5, 0.6) is 0 Å². The molecule has 0 amide bonds. The van der Waals surface area contributed by atoms with Crippen LogP contribution in [0.3, 0.4) is 0 Å². The van der Waals surface area contributed by atoms with Crippen LogP contribution in [0.15, 0.2) is 18.3 Å². The lowest BCUT2D eigenvalue weighted by Gasteiger charge is -2.01. The second-order valence-electron chi connectivity index (χ2n) is 2.45. The van der Waals surface area contributed by atoms with Crippen molar-refractivity contribution in [2.24, 2.45) is 7.05 Å². The van der Waals surface area contributed by atoms with E-state index in [1.807, 2.05) is 29.9 Å². The van der Waals surface area contributed by atoms with Gasteiger partial charge in [-0.2, -0.15) is 0 Å². The highest BCUT2D eigenvalue weighted by Gasteiger charge is 1.99. The van der Waals surface area contributed by atoms with Gasteiger partial charge in [-0.15, -0.1) is 0 Å². The maximum Gasteiger partial charge on any atom is 0.314 e. The minimum Gasteiger partial charge on any atom is -0.391 e. The van der Waals surface area contributed by atoms with Gasteiger partial charge in [0.15, 0.2) is 0 Å². The molecule has 0 aliphatic rings. The quantitative estimate of drug-likeness (QED) is 0.672. The molecular formula is C8H11NO2S. The highest BCUT2D eigenvalue weighted by Crippen LogP contribution is 2.12. The largest absolute Gasteiger partial charge is 0.391 e. The predicted octanol–water partition coefficient (Wildman–Crippen LogP) is 1.74. The van der Waals surface area contributed by atoms with Gasteiger partial charge in [0.25, 0.3) is 0 Å². The molecule has 12 heavy (non-hydrogen) atoms. The lowest BCUT2D eigenvalue weighted by Crippen LogP contribution is -1.95. The van der Waals surface area contributed by atoms with E-state index in [0.29, 0.717) is 5.75 Å². The van der Waals surface area contributed by atoms with Gasteiger partial charge in [0.2, 0.25) is 0 Å². The zero-order valence-electron chi connectivity index (χ0n) is 7.11. The minimum atomic E-state index is -0.255. The summed E-state index contributed by atoms with van der Waals surface area (Å²) in [5.41, 5.74) is 1.14. The molecule has 66 valence electrons. The van der Waals surface area contributed by atoms with Crippen molar-refractivity contribution in [1.82, 2.24) is 4.57 Å². The highest BCUT2D eigenvalue weighted by atomic mass is 32.2. The van der Waals surface area contributed by atoms with E-state index >= 15 is 0 Å². The fraction of sp³-hybridized carbons (Fsp3) is 0.375. The molecule has 0 atom stereocenters. The highest BCUT2D eigenvalue weighted by molar-refractivity contribution is 7.94. The SMILES string of the molecule is CC(=O)OSCc1cccn1C. The minimum absolute atomic E-state index is 0.255. The maximum atomic E-state index is 10.4. The van der Waals surface area contributed by atoms with Gasteiger partial charge in [-0.3, -0.25) is 4.79 Å². The Kier molecular flexibility index (Phi) is 3.22. The first kappa shape index (κ1) is 9.19. The zero-order chi connectivity index (χ0) is 8.97. The normalized spacial score (nSPS) is 9.83. The fourth-order valence-electron chi connectivity index (χ4n) is 0.819. The molecule has 0 aromatic carbocycles. The second-order valence-corrected chi connectivity index (χ2v) is 3.14. The van der Waals surface area contributed by atoms with E-state index < -0.39 is 0 Å². The number of carbonyl (C=O) groups is 1. The van der Waals surface area contributed by atoms with Crippen LogP contribution < -0.4 is 0 Å². The van der Waals surface area contributed by atoms with Crippen LogP contribution in [-0.4, -0.2) is 10.5 Å². The van der Waals surface area contributed by atoms with Crippen molar-refractivity contribution in [3.05, 3.63) is 24.0 Å². The van der Waals surface area contributed by atoms with Gasteiger partial charge in [0.05, 0.1) is 17.8 Å². The summed E-state index contributed by atoms with van der Waals surface area (Å²) in [7, 11) is 1.96. The molecule has 3 nitrogen and oxygen atoms in total. The molecule has 1 aromatic rings. The standard InChI is InChI=1S/C8H11NO2S/c1-7(10)11-12-6-8-4-3-5-9(8)2/h3-5H,6H2,1-2H3. The summed E-state index contributed by atoms with van der Waals surface area (Å²) in [5.74, 6) is 0.442. The van der Waals surface area contributed by atoms with Gasteiger partial charge >= 0.3 is 5.97 Å². The topological polar surface area (TPSA) is 31.2 Å². The van der Waals surface area contributed by atoms with E-state index in [1.54, 1.807) is 0 Å². The van der Waals surface area contributed by atoms with E-state index in [4.69, 9.17) is 4.18 Å². The Hall–Kier alpha value is -0.900. The summed E-state index contributed by atoms with van der Waals surface area (Å²) >= 11 is 1.16. The van der Waals surface area contributed by atoms with Crippen molar-refractivity contribution in [2.75, 3.05) is 0 Å². The summed E-state index contributed by atoms with van der Waals surface area (Å²) in [6.07, 6.45) is 1.96. The van der Waals surface area contributed by atoms with Crippen LogP contribution >= 0.6 is 12.0 Å².